The first-order valence-electron chi connectivity index (χ1n) is 13.6. The summed E-state index contributed by atoms with van der Waals surface area (Å²) in [6, 6.07) is 14.9. The fourth-order valence-corrected chi connectivity index (χ4v) is 5.30. The Hall–Kier alpha value is -4.46. The van der Waals surface area contributed by atoms with Gasteiger partial charge in [0.25, 0.3) is 5.91 Å². The zero-order valence-corrected chi connectivity index (χ0v) is 23.2. The number of nitriles is 1. The molecule has 1 unspecified atom stereocenters. The van der Waals surface area contributed by atoms with E-state index in [9.17, 15) is 10.1 Å². The second kappa shape index (κ2) is 10.8. The van der Waals surface area contributed by atoms with Crippen molar-refractivity contribution in [3.05, 3.63) is 82.6 Å². The van der Waals surface area contributed by atoms with Crippen molar-refractivity contribution in [2.75, 3.05) is 18.6 Å². The molecule has 1 amide bonds. The van der Waals surface area contributed by atoms with Crippen molar-refractivity contribution in [1.82, 2.24) is 25.1 Å². The van der Waals surface area contributed by atoms with Crippen molar-refractivity contribution in [3.8, 4) is 28.6 Å². The monoisotopic (exact) mass is 551 g/mol. The summed E-state index contributed by atoms with van der Waals surface area (Å²) in [6.45, 7) is 3.05. The van der Waals surface area contributed by atoms with Gasteiger partial charge in [0, 0.05) is 55.0 Å². The average Bonchev–Trinajstić information content (AvgIpc) is 3.66. The van der Waals surface area contributed by atoms with E-state index < -0.39 is 5.82 Å². The van der Waals surface area contributed by atoms with E-state index in [1.807, 2.05) is 32.2 Å². The van der Waals surface area contributed by atoms with Gasteiger partial charge in [0.2, 0.25) is 0 Å². The van der Waals surface area contributed by atoms with Gasteiger partial charge in [0.05, 0.1) is 24.8 Å². The molecule has 41 heavy (non-hydrogen) atoms. The second-order valence-corrected chi connectivity index (χ2v) is 10.8. The summed E-state index contributed by atoms with van der Waals surface area (Å²) in [5, 5.41) is 21.2. The first-order valence-corrected chi connectivity index (χ1v) is 13.6. The van der Waals surface area contributed by atoms with Crippen molar-refractivity contribution < 1.29 is 13.9 Å². The van der Waals surface area contributed by atoms with Gasteiger partial charge in [-0.2, -0.15) is 5.26 Å². The van der Waals surface area contributed by atoms with Crippen LogP contribution < -0.4 is 10.2 Å². The molecule has 1 fully saturated rings. The van der Waals surface area contributed by atoms with Gasteiger partial charge in [-0.25, -0.2) is 9.37 Å². The molecule has 0 bridgehead atoms. The number of ether oxygens (including phenoxy) is 1. The number of amides is 1. The number of anilines is 1. The molecule has 0 spiro atoms. The Morgan fingerprint density at radius 1 is 1.17 bits per heavy atom. The highest BCUT2D eigenvalue weighted by atomic mass is 19.1. The largest absolute Gasteiger partial charge is 0.383 e. The highest BCUT2D eigenvalue weighted by Crippen LogP contribution is 2.43. The van der Waals surface area contributed by atoms with E-state index in [1.165, 1.54) is 6.07 Å². The summed E-state index contributed by atoms with van der Waals surface area (Å²) in [5.41, 5.74) is 5.29. The van der Waals surface area contributed by atoms with Gasteiger partial charge < -0.3 is 14.6 Å². The maximum atomic E-state index is 15.3. The molecule has 0 saturated heterocycles. The average molecular weight is 552 g/mol. The van der Waals surface area contributed by atoms with Crippen LogP contribution in [0.25, 0.3) is 22.5 Å². The maximum absolute atomic E-state index is 15.3. The SMILES string of the molecule is COCC(C)NCc1cc(F)c2c(c1)C(=O)N(c1cc(-c3ccc(C#N)cc3-c3nncn3C)cc(C3CC3)n1)C2. The maximum Gasteiger partial charge on any atom is 0.260 e. The minimum atomic E-state index is -0.398. The van der Waals surface area contributed by atoms with Crippen molar-refractivity contribution >= 4 is 11.7 Å². The van der Waals surface area contributed by atoms with Gasteiger partial charge in [0.1, 0.15) is 18.0 Å². The number of nitrogens with zero attached hydrogens (tertiary/aromatic N) is 6. The number of carbonyl (C=O) groups is 1. The number of aromatic nitrogens is 4. The molecule has 4 aromatic rings. The van der Waals surface area contributed by atoms with Gasteiger partial charge in [-0.05, 0) is 72.9 Å². The van der Waals surface area contributed by atoms with E-state index in [-0.39, 0.29) is 18.5 Å². The molecule has 1 atom stereocenters. The third-order valence-corrected chi connectivity index (χ3v) is 7.63. The summed E-state index contributed by atoms with van der Waals surface area (Å²) in [5.74, 6) is 0.743. The Labute approximate surface area is 237 Å². The Bertz CT molecular complexity index is 1690. The van der Waals surface area contributed by atoms with Gasteiger partial charge in [-0.15, -0.1) is 10.2 Å². The predicted octanol–water partition coefficient (Wildman–Crippen LogP) is 4.72. The first-order chi connectivity index (χ1) is 19.9. The lowest BCUT2D eigenvalue weighted by atomic mass is 9.96. The van der Waals surface area contributed by atoms with Crippen LogP contribution in [0.3, 0.4) is 0 Å². The molecule has 0 radical (unpaired) electrons. The molecule has 1 aliphatic carbocycles. The summed E-state index contributed by atoms with van der Waals surface area (Å²) in [7, 11) is 3.48. The molecule has 1 saturated carbocycles. The summed E-state index contributed by atoms with van der Waals surface area (Å²) in [4.78, 5) is 20.1. The molecule has 1 aliphatic heterocycles. The minimum Gasteiger partial charge on any atom is -0.383 e. The number of rotatable bonds is 9. The molecular weight excluding hydrogens is 521 g/mol. The van der Waals surface area contributed by atoms with Crippen molar-refractivity contribution in [3.63, 3.8) is 0 Å². The number of aryl methyl sites for hydroxylation is 1. The fourth-order valence-electron chi connectivity index (χ4n) is 5.30. The Balaban J connectivity index is 1.38. The van der Waals surface area contributed by atoms with Gasteiger partial charge in [-0.3, -0.25) is 9.69 Å². The minimum absolute atomic E-state index is 0.0879. The Morgan fingerprint density at radius 2 is 2.00 bits per heavy atom. The third-order valence-electron chi connectivity index (χ3n) is 7.63. The molecule has 3 heterocycles. The lowest BCUT2D eigenvalue weighted by molar-refractivity contribution is 0.0995. The molecular formula is C31H30FN7O2. The van der Waals surface area contributed by atoms with Crippen LogP contribution >= 0.6 is 0 Å². The van der Waals surface area contributed by atoms with Gasteiger partial charge in [-0.1, -0.05) is 6.07 Å². The molecule has 9 nitrogen and oxygen atoms in total. The molecule has 10 heteroatoms. The molecule has 1 N–H and O–H groups in total. The number of fused-ring (bicyclic) bond motifs is 1. The van der Waals surface area contributed by atoms with Crippen LogP contribution in [0.15, 0.2) is 48.8 Å². The fraction of sp³-hybridized carbons (Fsp3) is 0.323. The van der Waals surface area contributed by atoms with E-state index in [0.717, 1.165) is 35.2 Å². The van der Waals surface area contributed by atoms with E-state index in [2.05, 4.69) is 21.6 Å². The lowest BCUT2D eigenvalue weighted by Crippen LogP contribution is -2.29. The number of hydrogen-bond acceptors (Lipinski definition) is 7. The lowest BCUT2D eigenvalue weighted by Gasteiger charge is -2.18. The zero-order valence-electron chi connectivity index (χ0n) is 23.2. The first kappa shape index (κ1) is 26.7. The highest BCUT2D eigenvalue weighted by molar-refractivity contribution is 6.10. The number of carbonyl (C=O) groups excluding carboxylic acids is 1. The molecule has 2 aromatic carbocycles. The number of benzene rings is 2. The number of halogens is 1. The van der Waals surface area contributed by atoms with Gasteiger partial charge >= 0.3 is 0 Å². The third kappa shape index (κ3) is 5.22. The smallest absolute Gasteiger partial charge is 0.260 e. The molecule has 2 aromatic heterocycles. The van der Waals surface area contributed by atoms with Crippen LogP contribution in [-0.2, 0) is 24.9 Å². The van der Waals surface area contributed by atoms with E-state index in [4.69, 9.17) is 9.72 Å². The number of methoxy groups -OCH3 is 1. The van der Waals surface area contributed by atoms with Crippen LogP contribution in [0.1, 0.15) is 58.4 Å². The Kier molecular flexibility index (Phi) is 7.07. The summed E-state index contributed by atoms with van der Waals surface area (Å²) >= 11 is 0. The molecule has 6 rings (SSSR count). The van der Waals surface area contributed by atoms with Crippen LogP contribution in [0, 0.1) is 17.1 Å². The quantitative estimate of drug-likeness (QED) is 0.321. The number of nitrogens with one attached hydrogen (secondary N) is 1. The predicted molar refractivity (Wildman–Crippen MR) is 151 cm³/mol. The number of pyridine rings is 1. The van der Waals surface area contributed by atoms with Crippen LogP contribution in [0.2, 0.25) is 0 Å². The summed E-state index contributed by atoms with van der Waals surface area (Å²) in [6.07, 6.45) is 3.67. The van der Waals surface area contributed by atoms with E-state index in [1.54, 1.807) is 41.1 Å². The van der Waals surface area contributed by atoms with Crippen LogP contribution in [0.4, 0.5) is 10.2 Å². The summed E-state index contributed by atoms with van der Waals surface area (Å²) < 4.78 is 22.2. The van der Waals surface area contributed by atoms with Crippen molar-refractivity contribution in [2.24, 2.45) is 7.05 Å². The number of hydrogen-bond donors (Lipinski definition) is 1. The zero-order chi connectivity index (χ0) is 28.7. The van der Waals surface area contributed by atoms with E-state index in [0.29, 0.717) is 53.0 Å². The van der Waals surface area contributed by atoms with Crippen molar-refractivity contribution in [1.29, 1.82) is 5.26 Å². The molecule has 208 valence electrons. The normalized spacial score (nSPS) is 15.2. The standard InChI is InChI=1S/C31H30FN7O2/c1-18(16-41-3)34-14-20-9-25-26(27(32)10-20)15-39(31(25)40)29-12-22(11-28(36-29)21-5-6-21)23-7-4-19(13-33)8-24(23)30-37-35-17-38(30)2/h4,7-12,17-18,21,34H,5-6,14-16H2,1-3H3. The topological polar surface area (TPSA) is 109 Å². The van der Waals surface area contributed by atoms with Crippen LogP contribution in [-0.4, -0.2) is 45.4 Å². The molecule has 2 aliphatic rings. The van der Waals surface area contributed by atoms with Crippen LogP contribution in [0.5, 0.6) is 0 Å². The highest BCUT2D eigenvalue weighted by Gasteiger charge is 2.34. The Morgan fingerprint density at radius 3 is 2.71 bits per heavy atom. The van der Waals surface area contributed by atoms with E-state index >= 15 is 4.39 Å². The van der Waals surface area contributed by atoms with Gasteiger partial charge in [0.15, 0.2) is 5.82 Å². The second-order valence-electron chi connectivity index (χ2n) is 10.8. The van der Waals surface area contributed by atoms with Crippen molar-refractivity contribution in [2.45, 2.75) is 44.8 Å².